The third kappa shape index (κ3) is 4.46. The van der Waals surface area contributed by atoms with Crippen LogP contribution in [0.15, 0.2) is 70.2 Å². The first kappa shape index (κ1) is 22.6. The van der Waals surface area contributed by atoms with Gasteiger partial charge in [-0.05, 0) is 26.0 Å². The summed E-state index contributed by atoms with van der Waals surface area (Å²) in [6.07, 6.45) is 0. The van der Waals surface area contributed by atoms with Crippen LogP contribution in [0.2, 0.25) is 0 Å². The molecule has 3 heterocycles. The molecule has 1 aliphatic heterocycles. The number of rotatable bonds is 6. The number of hydrogen-bond acceptors (Lipinski definition) is 9. The van der Waals surface area contributed by atoms with E-state index in [9.17, 15) is 14.7 Å². The Balaban J connectivity index is 1.50. The van der Waals surface area contributed by atoms with E-state index in [1.54, 1.807) is 23.6 Å². The number of thiazole rings is 2. The van der Waals surface area contributed by atoms with Gasteiger partial charge in [0, 0.05) is 21.4 Å². The SMILES string of the molecule is Cc1nc(N/N=C2\C(=O)N(c3nc(-c4cccc(C(=O)O)c4)cs3)N=C2c2ccccc2)sc1C. The lowest BCUT2D eigenvalue weighted by Crippen LogP contribution is -2.28. The largest absolute Gasteiger partial charge is 0.478 e. The zero-order chi connectivity index (χ0) is 24.5. The van der Waals surface area contributed by atoms with Crippen LogP contribution in [0.4, 0.5) is 10.3 Å². The molecule has 0 saturated carbocycles. The number of hydrazone groups is 2. The highest BCUT2D eigenvalue weighted by atomic mass is 32.1. The summed E-state index contributed by atoms with van der Waals surface area (Å²) in [4.78, 5) is 34.7. The van der Waals surface area contributed by atoms with E-state index in [1.807, 2.05) is 44.2 Å². The van der Waals surface area contributed by atoms with Crippen LogP contribution < -0.4 is 10.4 Å². The Kier molecular flexibility index (Phi) is 5.93. The number of hydrogen-bond donors (Lipinski definition) is 2. The minimum atomic E-state index is -1.02. The summed E-state index contributed by atoms with van der Waals surface area (Å²) in [6.45, 7) is 3.88. The van der Waals surface area contributed by atoms with Gasteiger partial charge in [-0.1, -0.05) is 42.5 Å². The predicted octanol–water partition coefficient (Wildman–Crippen LogP) is 4.80. The van der Waals surface area contributed by atoms with Crippen molar-refractivity contribution >= 4 is 56.2 Å². The molecule has 2 N–H and O–H groups in total. The molecule has 0 saturated heterocycles. The molecule has 5 rings (SSSR count). The molecule has 9 nitrogen and oxygen atoms in total. The van der Waals surface area contributed by atoms with Crippen molar-refractivity contribution in [1.29, 1.82) is 0 Å². The van der Waals surface area contributed by atoms with Gasteiger partial charge in [0.1, 0.15) is 5.71 Å². The van der Waals surface area contributed by atoms with E-state index >= 15 is 0 Å². The van der Waals surface area contributed by atoms with Crippen molar-refractivity contribution in [2.75, 3.05) is 10.4 Å². The van der Waals surface area contributed by atoms with Crippen LogP contribution in [-0.2, 0) is 4.79 Å². The number of aromatic carboxylic acids is 1. The van der Waals surface area contributed by atoms with Crippen LogP contribution in [-0.4, -0.2) is 38.4 Å². The second-order valence-corrected chi connectivity index (χ2v) is 9.61. The number of carboxylic acids is 1. The van der Waals surface area contributed by atoms with Crippen LogP contribution in [0.3, 0.4) is 0 Å². The van der Waals surface area contributed by atoms with Crippen LogP contribution >= 0.6 is 22.7 Å². The number of benzene rings is 2. The van der Waals surface area contributed by atoms with Gasteiger partial charge >= 0.3 is 11.9 Å². The number of carboxylic acid groups (broad SMARTS) is 1. The zero-order valence-corrected chi connectivity index (χ0v) is 20.2. The number of carbonyl (C=O) groups is 2. The molecule has 35 heavy (non-hydrogen) atoms. The molecule has 174 valence electrons. The average Bonchev–Trinajstić information content (AvgIpc) is 3.56. The first-order valence-corrected chi connectivity index (χ1v) is 12.2. The van der Waals surface area contributed by atoms with E-state index in [4.69, 9.17) is 0 Å². The van der Waals surface area contributed by atoms with Crippen molar-refractivity contribution in [3.63, 3.8) is 0 Å². The van der Waals surface area contributed by atoms with Crippen molar-refractivity contribution in [1.82, 2.24) is 9.97 Å². The average molecular weight is 503 g/mol. The third-order valence-corrected chi connectivity index (χ3v) is 7.03. The Morgan fingerprint density at radius 3 is 2.54 bits per heavy atom. The minimum Gasteiger partial charge on any atom is -0.478 e. The van der Waals surface area contributed by atoms with Crippen molar-refractivity contribution in [2.45, 2.75) is 13.8 Å². The van der Waals surface area contributed by atoms with Crippen LogP contribution in [0, 0.1) is 13.8 Å². The lowest BCUT2D eigenvalue weighted by Gasteiger charge is -2.06. The molecular formula is C24H18N6O3S2. The Morgan fingerprint density at radius 1 is 1.06 bits per heavy atom. The maximum atomic E-state index is 13.4. The van der Waals surface area contributed by atoms with Gasteiger partial charge in [0.15, 0.2) is 5.71 Å². The molecule has 2 aromatic heterocycles. The van der Waals surface area contributed by atoms with Crippen LogP contribution in [0.5, 0.6) is 0 Å². The van der Waals surface area contributed by atoms with E-state index in [1.165, 1.54) is 33.7 Å². The first-order chi connectivity index (χ1) is 16.9. The normalized spacial score (nSPS) is 14.5. The van der Waals surface area contributed by atoms with E-state index < -0.39 is 11.9 Å². The van der Waals surface area contributed by atoms with Gasteiger partial charge in [-0.3, -0.25) is 10.2 Å². The van der Waals surface area contributed by atoms with Gasteiger partial charge in [0.2, 0.25) is 10.3 Å². The monoisotopic (exact) mass is 502 g/mol. The summed E-state index contributed by atoms with van der Waals surface area (Å²) in [5.74, 6) is -1.45. The molecule has 0 atom stereocenters. The Bertz CT molecular complexity index is 1490. The lowest BCUT2D eigenvalue weighted by atomic mass is 10.1. The van der Waals surface area contributed by atoms with Crippen molar-refractivity contribution < 1.29 is 14.7 Å². The van der Waals surface area contributed by atoms with Gasteiger partial charge in [0.25, 0.3) is 0 Å². The molecule has 0 bridgehead atoms. The molecule has 4 aromatic rings. The van der Waals surface area contributed by atoms with Crippen LogP contribution in [0.1, 0.15) is 26.5 Å². The standard InChI is InChI=1S/C24H18N6O3S2/c1-13-14(2)35-23(25-13)28-27-20-19(15-7-4-3-5-8-15)29-30(21(20)31)24-26-18(12-34-24)16-9-6-10-17(11-16)22(32)33/h3-12H,1-2H3,(H,25,28)(H,32,33)/b27-20-. The molecular weight excluding hydrogens is 484 g/mol. The van der Waals surface area contributed by atoms with Gasteiger partial charge in [-0.2, -0.15) is 15.2 Å². The lowest BCUT2D eigenvalue weighted by molar-refractivity contribution is -0.112. The topological polar surface area (TPSA) is 120 Å². The molecule has 0 unspecified atom stereocenters. The molecule has 0 fully saturated rings. The highest BCUT2D eigenvalue weighted by molar-refractivity contribution is 7.15. The van der Waals surface area contributed by atoms with Crippen LogP contribution in [0.25, 0.3) is 11.3 Å². The number of aromatic nitrogens is 2. The maximum Gasteiger partial charge on any atom is 0.335 e. The zero-order valence-electron chi connectivity index (χ0n) is 18.6. The van der Waals surface area contributed by atoms with E-state index in [0.29, 0.717) is 27.2 Å². The highest BCUT2D eigenvalue weighted by Crippen LogP contribution is 2.31. The van der Waals surface area contributed by atoms with Crippen molar-refractivity contribution in [3.8, 4) is 11.3 Å². The fourth-order valence-corrected chi connectivity index (χ4v) is 4.88. The molecule has 0 spiro atoms. The first-order valence-electron chi connectivity index (χ1n) is 10.5. The highest BCUT2D eigenvalue weighted by Gasteiger charge is 2.36. The summed E-state index contributed by atoms with van der Waals surface area (Å²) >= 11 is 2.68. The van der Waals surface area contributed by atoms with Crippen molar-refractivity contribution in [3.05, 3.63) is 81.7 Å². The number of nitrogens with zero attached hydrogens (tertiary/aromatic N) is 5. The maximum absolute atomic E-state index is 13.4. The predicted molar refractivity (Wildman–Crippen MR) is 138 cm³/mol. The molecule has 1 amide bonds. The Hall–Kier alpha value is -4.22. The second kappa shape index (κ2) is 9.20. The number of carbonyl (C=O) groups excluding carboxylic acids is 1. The van der Waals surface area contributed by atoms with Gasteiger partial charge in [-0.25, -0.2) is 14.8 Å². The molecule has 2 aromatic carbocycles. The summed E-state index contributed by atoms with van der Waals surface area (Å²) in [5.41, 5.74) is 6.43. The number of aryl methyl sites for hydroxylation is 2. The number of amides is 1. The summed E-state index contributed by atoms with van der Waals surface area (Å²) in [7, 11) is 0. The fourth-order valence-electron chi connectivity index (χ4n) is 3.35. The smallest absolute Gasteiger partial charge is 0.335 e. The molecule has 0 radical (unpaired) electrons. The third-order valence-electron chi connectivity index (χ3n) is 5.24. The molecule has 11 heteroatoms. The number of anilines is 2. The number of nitrogens with one attached hydrogen (secondary N) is 1. The van der Waals surface area contributed by atoms with Gasteiger partial charge in [0.05, 0.1) is 17.0 Å². The van der Waals surface area contributed by atoms with Gasteiger partial charge in [-0.15, -0.1) is 22.7 Å². The summed E-state index contributed by atoms with van der Waals surface area (Å²) in [6, 6.07) is 15.8. The Labute approximate surface area is 208 Å². The second-order valence-electron chi connectivity index (χ2n) is 7.57. The summed E-state index contributed by atoms with van der Waals surface area (Å²) in [5, 5.41) is 22.1. The van der Waals surface area contributed by atoms with E-state index in [0.717, 1.165) is 16.1 Å². The fraction of sp³-hybridized carbons (Fsp3) is 0.0833. The van der Waals surface area contributed by atoms with E-state index in [2.05, 4.69) is 25.6 Å². The van der Waals surface area contributed by atoms with E-state index in [-0.39, 0.29) is 11.3 Å². The van der Waals surface area contributed by atoms with Gasteiger partial charge < -0.3 is 5.11 Å². The minimum absolute atomic E-state index is 0.145. The molecule has 0 aliphatic carbocycles. The Morgan fingerprint density at radius 2 is 1.83 bits per heavy atom. The quantitative estimate of drug-likeness (QED) is 0.366. The summed E-state index contributed by atoms with van der Waals surface area (Å²) < 4.78 is 0. The molecule has 1 aliphatic rings. The van der Waals surface area contributed by atoms with Crippen molar-refractivity contribution in [2.24, 2.45) is 10.2 Å².